The summed E-state index contributed by atoms with van der Waals surface area (Å²) in [5.41, 5.74) is 7.18. The normalized spacial score (nSPS) is 19.5. The number of hydrogen-bond donors (Lipinski definition) is 1. The van der Waals surface area contributed by atoms with Crippen LogP contribution in [0.3, 0.4) is 0 Å². The largest absolute Gasteiger partial charge is 0.369 e. The molecule has 6 heteroatoms. The predicted molar refractivity (Wildman–Crippen MR) is 70.2 cm³/mol. The number of likely N-dealkylation sites (tertiary alicyclic amines) is 1. The summed E-state index contributed by atoms with van der Waals surface area (Å²) in [7, 11) is 0. The van der Waals surface area contributed by atoms with E-state index in [2.05, 4.69) is 5.10 Å². The molecule has 2 N–H and O–H groups in total. The average molecular weight is 264 g/mol. The summed E-state index contributed by atoms with van der Waals surface area (Å²) in [5, 5.41) is 4.28. The van der Waals surface area contributed by atoms with E-state index < -0.39 is 0 Å². The molecule has 2 heterocycles. The lowest BCUT2D eigenvalue weighted by atomic mass is 9.97. The molecule has 0 bridgehead atoms. The Bertz CT molecular complexity index is 495. The summed E-state index contributed by atoms with van der Waals surface area (Å²) in [6.45, 7) is 5.19. The monoisotopic (exact) mass is 264 g/mol. The topological polar surface area (TPSA) is 81.2 Å². The minimum absolute atomic E-state index is 0.00264. The van der Waals surface area contributed by atoms with Gasteiger partial charge in [-0.2, -0.15) is 5.10 Å². The number of piperidine rings is 1. The number of carbonyl (C=O) groups is 2. The molecule has 1 atom stereocenters. The Labute approximate surface area is 112 Å². The summed E-state index contributed by atoms with van der Waals surface area (Å²) in [6.07, 6.45) is 1.61. The second kappa shape index (κ2) is 5.42. The third-order valence-corrected chi connectivity index (χ3v) is 3.56. The number of nitrogens with zero attached hydrogens (tertiary/aromatic N) is 3. The highest BCUT2D eigenvalue weighted by molar-refractivity contribution is 5.80. The van der Waals surface area contributed by atoms with Gasteiger partial charge in [-0.1, -0.05) is 0 Å². The summed E-state index contributed by atoms with van der Waals surface area (Å²) >= 11 is 0. The van der Waals surface area contributed by atoms with Crippen LogP contribution in [0.5, 0.6) is 0 Å². The molecule has 104 valence electrons. The molecule has 0 aromatic carbocycles. The lowest BCUT2D eigenvalue weighted by Gasteiger charge is -2.31. The molecule has 2 amide bonds. The van der Waals surface area contributed by atoms with Crippen LogP contribution in [0.1, 0.15) is 24.2 Å². The lowest BCUT2D eigenvalue weighted by Crippen LogP contribution is -2.45. The Balaban J connectivity index is 2.00. The maximum atomic E-state index is 12.2. The molecular formula is C13H20N4O2. The van der Waals surface area contributed by atoms with E-state index in [1.54, 1.807) is 9.58 Å². The van der Waals surface area contributed by atoms with E-state index in [4.69, 9.17) is 5.73 Å². The SMILES string of the molecule is Cc1cc(C)n(CC(=O)N2CCC[C@H](C(N)=O)C2)n1. The fourth-order valence-corrected chi connectivity index (χ4v) is 2.50. The number of aryl methyl sites for hydroxylation is 2. The molecule has 0 radical (unpaired) electrons. The number of hydrogen-bond acceptors (Lipinski definition) is 3. The molecule has 1 aromatic rings. The van der Waals surface area contributed by atoms with E-state index >= 15 is 0 Å². The van der Waals surface area contributed by atoms with Crippen molar-refractivity contribution >= 4 is 11.8 Å². The van der Waals surface area contributed by atoms with Gasteiger partial charge in [0.2, 0.25) is 11.8 Å². The number of aromatic nitrogens is 2. The van der Waals surface area contributed by atoms with Crippen molar-refractivity contribution in [3.05, 3.63) is 17.5 Å². The summed E-state index contributed by atoms with van der Waals surface area (Å²) in [5.74, 6) is -0.529. The van der Waals surface area contributed by atoms with E-state index in [1.807, 2.05) is 19.9 Å². The highest BCUT2D eigenvalue weighted by atomic mass is 16.2. The highest BCUT2D eigenvalue weighted by Crippen LogP contribution is 2.16. The van der Waals surface area contributed by atoms with E-state index in [1.165, 1.54) is 0 Å². The second-order valence-electron chi connectivity index (χ2n) is 5.17. The second-order valence-corrected chi connectivity index (χ2v) is 5.17. The van der Waals surface area contributed by atoms with Crippen LogP contribution in [0.25, 0.3) is 0 Å². The molecule has 2 rings (SSSR count). The van der Waals surface area contributed by atoms with Crippen molar-refractivity contribution in [3.63, 3.8) is 0 Å². The van der Waals surface area contributed by atoms with Crippen LogP contribution in [0.15, 0.2) is 6.07 Å². The van der Waals surface area contributed by atoms with E-state index in [0.29, 0.717) is 13.1 Å². The summed E-state index contributed by atoms with van der Waals surface area (Å²) in [4.78, 5) is 25.1. The van der Waals surface area contributed by atoms with Crippen molar-refractivity contribution in [3.8, 4) is 0 Å². The molecule has 6 nitrogen and oxygen atoms in total. The number of carbonyl (C=O) groups excluding carboxylic acids is 2. The first kappa shape index (κ1) is 13.6. The van der Waals surface area contributed by atoms with Crippen molar-refractivity contribution in [2.45, 2.75) is 33.2 Å². The average Bonchev–Trinajstić information content (AvgIpc) is 2.68. The first-order chi connectivity index (χ1) is 8.97. The quantitative estimate of drug-likeness (QED) is 0.848. The van der Waals surface area contributed by atoms with Crippen molar-refractivity contribution in [2.75, 3.05) is 13.1 Å². The van der Waals surface area contributed by atoms with Crippen LogP contribution in [-0.4, -0.2) is 39.6 Å². The van der Waals surface area contributed by atoms with Gasteiger partial charge >= 0.3 is 0 Å². The predicted octanol–water partition coefficient (Wildman–Crippen LogP) is 0.224. The molecule has 0 unspecified atom stereocenters. The molecule has 1 saturated heterocycles. The molecule has 1 aliphatic rings. The molecule has 0 aliphatic carbocycles. The summed E-state index contributed by atoms with van der Waals surface area (Å²) < 4.78 is 1.70. The molecular weight excluding hydrogens is 244 g/mol. The molecule has 0 saturated carbocycles. The van der Waals surface area contributed by atoms with Crippen molar-refractivity contribution in [2.24, 2.45) is 11.7 Å². The van der Waals surface area contributed by atoms with Crippen LogP contribution >= 0.6 is 0 Å². The molecule has 0 spiro atoms. The Hall–Kier alpha value is -1.85. The van der Waals surface area contributed by atoms with Crippen molar-refractivity contribution in [1.82, 2.24) is 14.7 Å². The van der Waals surface area contributed by atoms with Crippen molar-refractivity contribution < 1.29 is 9.59 Å². The number of primary amides is 1. The van der Waals surface area contributed by atoms with Crippen LogP contribution in [0.2, 0.25) is 0 Å². The van der Waals surface area contributed by atoms with Crippen LogP contribution in [-0.2, 0) is 16.1 Å². The maximum absolute atomic E-state index is 12.2. The fourth-order valence-electron chi connectivity index (χ4n) is 2.50. The van der Waals surface area contributed by atoms with Gasteiger partial charge in [-0.05, 0) is 32.8 Å². The standard InChI is InChI=1S/C13H20N4O2/c1-9-6-10(2)17(15-9)8-12(18)16-5-3-4-11(7-16)13(14)19/h6,11H,3-5,7-8H2,1-2H3,(H2,14,19)/t11-/m0/s1. The zero-order valence-electron chi connectivity index (χ0n) is 11.4. The van der Waals surface area contributed by atoms with Gasteiger partial charge in [0.25, 0.3) is 0 Å². The fraction of sp³-hybridized carbons (Fsp3) is 0.615. The number of nitrogens with two attached hydrogens (primary N) is 1. The highest BCUT2D eigenvalue weighted by Gasteiger charge is 2.27. The minimum atomic E-state index is -0.316. The Morgan fingerprint density at radius 1 is 1.47 bits per heavy atom. The van der Waals surface area contributed by atoms with Crippen molar-refractivity contribution in [1.29, 1.82) is 0 Å². The maximum Gasteiger partial charge on any atom is 0.244 e. The van der Waals surface area contributed by atoms with Gasteiger partial charge < -0.3 is 10.6 Å². The third kappa shape index (κ3) is 3.13. The Morgan fingerprint density at radius 3 is 2.79 bits per heavy atom. The van der Waals surface area contributed by atoms with Gasteiger partial charge in [0, 0.05) is 18.8 Å². The zero-order chi connectivity index (χ0) is 14.0. The molecule has 1 aromatic heterocycles. The number of amides is 2. The number of rotatable bonds is 3. The smallest absolute Gasteiger partial charge is 0.244 e. The van der Waals surface area contributed by atoms with Gasteiger partial charge in [-0.3, -0.25) is 14.3 Å². The Morgan fingerprint density at radius 2 is 2.21 bits per heavy atom. The first-order valence-corrected chi connectivity index (χ1v) is 6.55. The van der Waals surface area contributed by atoms with Gasteiger partial charge in [0.1, 0.15) is 6.54 Å². The Kier molecular flexibility index (Phi) is 3.87. The minimum Gasteiger partial charge on any atom is -0.369 e. The lowest BCUT2D eigenvalue weighted by molar-refractivity contribution is -0.135. The van der Waals surface area contributed by atoms with Crippen LogP contribution in [0.4, 0.5) is 0 Å². The molecule has 1 aliphatic heterocycles. The zero-order valence-corrected chi connectivity index (χ0v) is 11.4. The summed E-state index contributed by atoms with van der Waals surface area (Å²) in [6, 6.07) is 1.94. The third-order valence-electron chi connectivity index (χ3n) is 3.56. The van der Waals surface area contributed by atoms with Gasteiger partial charge in [0.05, 0.1) is 11.6 Å². The molecule has 1 fully saturated rings. The van der Waals surface area contributed by atoms with E-state index in [0.717, 1.165) is 24.2 Å². The van der Waals surface area contributed by atoms with E-state index in [9.17, 15) is 9.59 Å². The van der Waals surface area contributed by atoms with Crippen LogP contribution in [0, 0.1) is 19.8 Å². The molecule has 19 heavy (non-hydrogen) atoms. The van der Waals surface area contributed by atoms with Crippen LogP contribution < -0.4 is 5.73 Å². The van der Waals surface area contributed by atoms with E-state index in [-0.39, 0.29) is 24.3 Å². The van der Waals surface area contributed by atoms with Gasteiger partial charge in [-0.25, -0.2) is 0 Å². The van der Waals surface area contributed by atoms with Gasteiger partial charge in [0.15, 0.2) is 0 Å². The van der Waals surface area contributed by atoms with Gasteiger partial charge in [-0.15, -0.1) is 0 Å². The first-order valence-electron chi connectivity index (χ1n) is 6.55.